The van der Waals surface area contributed by atoms with Gasteiger partial charge in [-0.3, -0.25) is 4.79 Å². The Balaban J connectivity index is 1.52. The molecular weight excluding hydrogens is 282 g/mol. The highest BCUT2D eigenvalue weighted by molar-refractivity contribution is 7.99. The van der Waals surface area contributed by atoms with Gasteiger partial charge in [-0.25, -0.2) is 0 Å². The molecule has 1 saturated carbocycles. The van der Waals surface area contributed by atoms with Crippen molar-refractivity contribution in [3.05, 3.63) is 29.8 Å². The largest absolute Gasteiger partial charge is 0.493 e. The molecule has 1 N–H and O–H groups in total. The number of carbonyl (C=O) groups is 1. The van der Waals surface area contributed by atoms with E-state index in [-0.39, 0.29) is 5.91 Å². The molecule has 1 amide bonds. The maximum Gasteiger partial charge on any atom is 0.230 e. The second-order valence-corrected chi connectivity index (χ2v) is 6.72. The van der Waals surface area contributed by atoms with E-state index in [1.54, 1.807) is 11.8 Å². The fraction of sp³-hybridized carbons (Fsp3) is 0.588. The molecule has 2 rings (SSSR count). The van der Waals surface area contributed by atoms with E-state index in [0.717, 1.165) is 24.3 Å². The fourth-order valence-electron chi connectivity index (χ4n) is 2.53. The van der Waals surface area contributed by atoms with Crippen LogP contribution in [0.5, 0.6) is 5.75 Å². The number of rotatable bonds is 7. The molecule has 0 saturated heterocycles. The molecule has 1 fully saturated rings. The van der Waals surface area contributed by atoms with Gasteiger partial charge in [0.25, 0.3) is 0 Å². The average molecular weight is 307 g/mol. The van der Waals surface area contributed by atoms with Gasteiger partial charge in [0.15, 0.2) is 0 Å². The molecule has 0 radical (unpaired) electrons. The molecule has 0 aliphatic heterocycles. The zero-order valence-electron chi connectivity index (χ0n) is 12.8. The molecule has 0 aromatic heterocycles. The molecule has 0 atom stereocenters. The van der Waals surface area contributed by atoms with Crippen LogP contribution < -0.4 is 10.1 Å². The third-order valence-corrected chi connectivity index (χ3v) is 4.64. The van der Waals surface area contributed by atoms with Crippen molar-refractivity contribution in [3.8, 4) is 5.75 Å². The maximum absolute atomic E-state index is 11.8. The van der Waals surface area contributed by atoms with E-state index in [1.807, 2.05) is 24.3 Å². The second-order valence-electron chi connectivity index (χ2n) is 5.62. The maximum atomic E-state index is 11.8. The summed E-state index contributed by atoms with van der Waals surface area (Å²) in [5.74, 6) is 2.44. The monoisotopic (exact) mass is 307 g/mol. The summed E-state index contributed by atoms with van der Waals surface area (Å²) in [6, 6.07) is 8.46. The Morgan fingerprint density at radius 3 is 2.67 bits per heavy atom. The van der Waals surface area contributed by atoms with Gasteiger partial charge in [-0.1, -0.05) is 37.0 Å². The van der Waals surface area contributed by atoms with E-state index in [2.05, 4.69) is 12.2 Å². The standard InChI is InChI=1S/C17H25NO2S/c1-14-7-9-16(10-8-14)20-11-12-21-13-17(19)18-15-5-3-2-4-6-15/h7-10,15H,2-6,11-13H2,1H3,(H,18,19). The summed E-state index contributed by atoms with van der Waals surface area (Å²) in [4.78, 5) is 11.8. The van der Waals surface area contributed by atoms with Crippen molar-refractivity contribution >= 4 is 17.7 Å². The van der Waals surface area contributed by atoms with Crippen molar-refractivity contribution in [2.24, 2.45) is 0 Å². The predicted octanol–water partition coefficient (Wildman–Crippen LogP) is 3.56. The summed E-state index contributed by atoms with van der Waals surface area (Å²) < 4.78 is 5.64. The Kier molecular flexibility index (Phi) is 6.93. The van der Waals surface area contributed by atoms with Crippen molar-refractivity contribution in [1.82, 2.24) is 5.32 Å². The van der Waals surface area contributed by atoms with Gasteiger partial charge < -0.3 is 10.1 Å². The van der Waals surface area contributed by atoms with Gasteiger partial charge >= 0.3 is 0 Å². The summed E-state index contributed by atoms with van der Waals surface area (Å²) in [6.07, 6.45) is 6.11. The van der Waals surface area contributed by atoms with E-state index >= 15 is 0 Å². The second kappa shape index (κ2) is 8.98. The van der Waals surface area contributed by atoms with Gasteiger partial charge in [-0.15, -0.1) is 11.8 Å². The van der Waals surface area contributed by atoms with E-state index in [4.69, 9.17) is 4.74 Å². The quantitative estimate of drug-likeness (QED) is 0.783. The minimum Gasteiger partial charge on any atom is -0.493 e. The molecule has 4 heteroatoms. The summed E-state index contributed by atoms with van der Waals surface area (Å²) in [5, 5.41) is 3.13. The van der Waals surface area contributed by atoms with Crippen molar-refractivity contribution in [3.63, 3.8) is 0 Å². The molecular formula is C17H25NO2S. The van der Waals surface area contributed by atoms with Gasteiger partial charge in [0.1, 0.15) is 5.75 Å². The number of ether oxygens (including phenoxy) is 1. The van der Waals surface area contributed by atoms with Crippen LogP contribution in [-0.4, -0.2) is 30.1 Å². The van der Waals surface area contributed by atoms with Crippen molar-refractivity contribution in [2.75, 3.05) is 18.1 Å². The number of amides is 1. The first-order chi connectivity index (χ1) is 10.2. The first-order valence-electron chi connectivity index (χ1n) is 7.80. The smallest absolute Gasteiger partial charge is 0.230 e. The first-order valence-corrected chi connectivity index (χ1v) is 8.96. The van der Waals surface area contributed by atoms with Gasteiger partial charge in [0, 0.05) is 11.8 Å². The van der Waals surface area contributed by atoms with Crippen LogP contribution in [-0.2, 0) is 4.79 Å². The molecule has 1 aromatic carbocycles. The van der Waals surface area contributed by atoms with E-state index in [9.17, 15) is 4.79 Å². The Morgan fingerprint density at radius 2 is 1.95 bits per heavy atom. The van der Waals surface area contributed by atoms with Crippen LogP contribution >= 0.6 is 11.8 Å². The van der Waals surface area contributed by atoms with Crippen LogP contribution in [0.1, 0.15) is 37.7 Å². The Morgan fingerprint density at radius 1 is 1.24 bits per heavy atom. The first kappa shape index (κ1) is 16.2. The number of benzene rings is 1. The molecule has 1 aromatic rings. The summed E-state index contributed by atoms with van der Waals surface area (Å²) >= 11 is 1.64. The lowest BCUT2D eigenvalue weighted by Gasteiger charge is -2.22. The highest BCUT2D eigenvalue weighted by atomic mass is 32.2. The van der Waals surface area contributed by atoms with Crippen LogP contribution in [0.2, 0.25) is 0 Å². The van der Waals surface area contributed by atoms with Crippen LogP contribution in [0.4, 0.5) is 0 Å². The third kappa shape index (κ3) is 6.42. The summed E-state index contributed by atoms with van der Waals surface area (Å²) in [6.45, 7) is 2.70. The van der Waals surface area contributed by atoms with E-state index < -0.39 is 0 Å². The topological polar surface area (TPSA) is 38.3 Å². The number of nitrogens with one attached hydrogen (secondary N) is 1. The van der Waals surface area contributed by atoms with E-state index in [1.165, 1.54) is 24.8 Å². The van der Waals surface area contributed by atoms with Crippen molar-refractivity contribution in [2.45, 2.75) is 45.1 Å². The summed E-state index contributed by atoms with van der Waals surface area (Å²) in [5.41, 5.74) is 1.23. The normalized spacial score (nSPS) is 15.7. The molecule has 21 heavy (non-hydrogen) atoms. The molecule has 116 valence electrons. The Hall–Kier alpha value is -1.16. The van der Waals surface area contributed by atoms with Gasteiger partial charge in [-0.05, 0) is 31.9 Å². The molecule has 0 unspecified atom stereocenters. The SMILES string of the molecule is Cc1ccc(OCCSCC(=O)NC2CCCCC2)cc1. The Labute approximate surface area is 131 Å². The lowest BCUT2D eigenvalue weighted by Crippen LogP contribution is -2.37. The van der Waals surface area contributed by atoms with Crippen molar-refractivity contribution < 1.29 is 9.53 Å². The molecule has 0 bridgehead atoms. The summed E-state index contributed by atoms with van der Waals surface area (Å²) in [7, 11) is 0. The minimum absolute atomic E-state index is 0.169. The van der Waals surface area contributed by atoms with Gasteiger partial charge in [0.2, 0.25) is 5.91 Å². The van der Waals surface area contributed by atoms with E-state index in [0.29, 0.717) is 18.4 Å². The number of carbonyl (C=O) groups excluding carboxylic acids is 1. The number of aryl methyl sites for hydroxylation is 1. The molecule has 0 spiro atoms. The molecule has 0 heterocycles. The highest BCUT2D eigenvalue weighted by Crippen LogP contribution is 2.17. The lowest BCUT2D eigenvalue weighted by molar-refractivity contribution is -0.119. The lowest BCUT2D eigenvalue weighted by atomic mass is 9.95. The van der Waals surface area contributed by atoms with Crippen LogP contribution in [0.25, 0.3) is 0 Å². The molecule has 1 aliphatic carbocycles. The predicted molar refractivity (Wildman–Crippen MR) is 89.0 cm³/mol. The Bertz CT molecular complexity index is 427. The van der Waals surface area contributed by atoms with Gasteiger partial charge in [-0.2, -0.15) is 0 Å². The van der Waals surface area contributed by atoms with Crippen LogP contribution in [0, 0.1) is 6.92 Å². The molecule has 1 aliphatic rings. The molecule has 3 nitrogen and oxygen atoms in total. The zero-order chi connectivity index (χ0) is 14.9. The average Bonchev–Trinajstić information content (AvgIpc) is 2.50. The highest BCUT2D eigenvalue weighted by Gasteiger charge is 2.15. The zero-order valence-corrected chi connectivity index (χ0v) is 13.6. The number of thioether (sulfide) groups is 1. The fourth-order valence-corrected chi connectivity index (χ4v) is 3.15. The van der Waals surface area contributed by atoms with Crippen LogP contribution in [0.15, 0.2) is 24.3 Å². The van der Waals surface area contributed by atoms with Crippen molar-refractivity contribution in [1.29, 1.82) is 0 Å². The van der Waals surface area contributed by atoms with Crippen LogP contribution in [0.3, 0.4) is 0 Å². The number of hydrogen-bond donors (Lipinski definition) is 1. The minimum atomic E-state index is 0.169. The van der Waals surface area contributed by atoms with Gasteiger partial charge in [0.05, 0.1) is 12.4 Å². The number of hydrogen-bond acceptors (Lipinski definition) is 3. The third-order valence-electron chi connectivity index (χ3n) is 3.72.